The van der Waals surface area contributed by atoms with Crippen LogP contribution in [0, 0.1) is 0 Å². The number of benzene rings is 1. The van der Waals surface area contributed by atoms with E-state index in [-0.39, 0.29) is 11.9 Å². The Kier molecular flexibility index (Phi) is 4.34. The summed E-state index contributed by atoms with van der Waals surface area (Å²) in [5.41, 5.74) is 1.09. The van der Waals surface area contributed by atoms with Gasteiger partial charge in [0.15, 0.2) is 0 Å². The van der Waals surface area contributed by atoms with Gasteiger partial charge in [-0.05, 0) is 43.9 Å². The Bertz CT molecular complexity index is 666. The molecule has 1 aliphatic carbocycles. The first-order chi connectivity index (χ1) is 11.8. The fraction of sp³-hybridized carbons (Fsp3) is 0.474. The second kappa shape index (κ2) is 6.77. The number of carbonyl (C=O) groups excluding carboxylic acids is 1. The zero-order valence-corrected chi connectivity index (χ0v) is 13.8. The summed E-state index contributed by atoms with van der Waals surface area (Å²) in [5.74, 6) is 0.149. The number of nitrogens with one attached hydrogen (secondary N) is 1. The lowest BCUT2D eigenvalue weighted by atomic mass is 10.0. The van der Waals surface area contributed by atoms with Gasteiger partial charge < -0.3 is 5.32 Å². The standard InChI is InChI=1S/C19H24N4O/c24-19(21-16-9-10-16)18(15-6-2-1-3-7-15)23-13-4-8-17(23)14-22-12-5-11-20-22/h1-3,5-7,11-12,16-18H,4,8-10,13-14H2,(H,21,24). The van der Waals surface area contributed by atoms with E-state index in [0.29, 0.717) is 12.1 Å². The van der Waals surface area contributed by atoms with Gasteiger partial charge in [0, 0.05) is 24.5 Å². The topological polar surface area (TPSA) is 50.2 Å². The van der Waals surface area contributed by atoms with Crippen LogP contribution >= 0.6 is 0 Å². The van der Waals surface area contributed by atoms with Gasteiger partial charge in [-0.2, -0.15) is 5.10 Å². The maximum Gasteiger partial charge on any atom is 0.242 e. The summed E-state index contributed by atoms with van der Waals surface area (Å²) >= 11 is 0. The first kappa shape index (κ1) is 15.4. The monoisotopic (exact) mass is 324 g/mol. The lowest BCUT2D eigenvalue weighted by Crippen LogP contribution is -2.44. The van der Waals surface area contributed by atoms with Crippen molar-refractivity contribution in [2.45, 2.75) is 50.4 Å². The number of hydrogen-bond acceptors (Lipinski definition) is 3. The number of nitrogens with zero attached hydrogens (tertiary/aromatic N) is 3. The van der Waals surface area contributed by atoms with E-state index in [4.69, 9.17) is 0 Å². The van der Waals surface area contributed by atoms with Crippen molar-refractivity contribution in [2.24, 2.45) is 0 Å². The minimum Gasteiger partial charge on any atom is -0.352 e. The van der Waals surface area contributed by atoms with Crippen LogP contribution in [0.1, 0.15) is 37.3 Å². The third-order valence-corrected chi connectivity index (χ3v) is 5.00. The number of hydrogen-bond donors (Lipinski definition) is 1. The average molecular weight is 324 g/mol. The molecule has 2 aliphatic rings. The molecule has 1 amide bonds. The second-order valence-electron chi connectivity index (χ2n) is 6.86. The Labute approximate surface area is 142 Å². The smallest absolute Gasteiger partial charge is 0.242 e. The largest absolute Gasteiger partial charge is 0.352 e. The van der Waals surface area contributed by atoms with Crippen molar-refractivity contribution in [3.05, 3.63) is 54.4 Å². The molecule has 2 heterocycles. The minimum atomic E-state index is -0.199. The van der Waals surface area contributed by atoms with Crippen LogP contribution in [0.3, 0.4) is 0 Å². The molecule has 1 aliphatic heterocycles. The van der Waals surface area contributed by atoms with E-state index < -0.39 is 0 Å². The maximum absolute atomic E-state index is 13.0. The fourth-order valence-electron chi connectivity index (χ4n) is 3.65. The first-order valence-corrected chi connectivity index (χ1v) is 8.90. The van der Waals surface area contributed by atoms with Crippen molar-refractivity contribution in [3.63, 3.8) is 0 Å². The van der Waals surface area contributed by atoms with Crippen molar-refractivity contribution < 1.29 is 4.79 Å². The van der Waals surface area contributed by atoms with Crippen molar-refractivity contribution in [1.29, 1.82) is 0 Å². The van der Waals surface area contributed by atoms with Crippen LogP contribution in [0.15, 0.2) is 48.8 Å². The molecule has 2 atom stereocenters. The summed E-state index contributed by atoms with van der Waals surface area (Å²) in [6.45, 7) is 1.80. The molecule has 4 rings (SSSR count). The highest BCUT2D eigenvalue weighted by atomic mass is 16.2. The summed E-state index contributed by atoms with van der Waals surface area (Å²) < 4.78 is 1.98. The molecule has 1 aromatic heterocycles. The highest BCUT2D eigenvalue weighted by Gasteiger charge is 2.37. The number of carbonyl (C=O) groups is 1. The number of amides is 1. The van der Waals surface area contributed by atoms with Crippen LogP contribution in [0.25, 0.3) is 0 Å². The SMILES string of the molecule is O=C(NC1CC1)C(c1ccccc1)N1CCCC1Cn1cccn1. The molecule has 1 saturated carbocycles. The maximum atomic E-state index is 13.0. The normalized spacial score (nSPS) is 22.4. The molecule has 0 radical (unpaired) electrons. The summed E-state index contributed by atoms with van der Waals surface area (Å²) in [5, 5.41) is 7.54. The molecule has 2 fully saturated rings. The number of aromatic nitrogens is 2. The predicted octanol–water partition coefficient (Wildman–Crippen LogP) is 2.37. The molecule has 5 nitrogen and oxygen atoms in total. The quantitative estimate of drug-likeness (QED) is 0.887. The van der Waals surface area contributed by atoms with Gasteiger partial charge in [-0.1, -0.05) is 30.3 Å². The zero-order valence-electron chi connectivity index (χ0n) is 13.8. The van der Waals surface area contributed by atoms with E-state index in [1.165, 1.54) is 0 Å². The molecule has 2 aromatic rings. The number of rotatable bonds is 6. The summed E-state index contributed by atoms with van der Waals surface area (Å²) in [6, 6.07) is 12.7. The van der Waals surface area contributed by atoms with E-state index in [1.54, 1.807) is 0 Å². The lowest BCUT2D eigenvalue weighted by molar-refractivity contribution is -0.127. The third kappa shape index (κ3) is 3.36. The van der Waals surface area contributed by atoms with Crippen LogP contribution in [0.4, 0.5) is 0 Å². The predicted molar refractivity (Wildman–Crippen MR) is 92.3 cm³/mol. The Morgan fingerprint density at radius 3 is 2.75 bits per heavy atom. The molecular formula is C19H24N4O. The second-order valence-corrected chi connectivity index (χ2v) is 6.86. The van der Waals surface area contributed by atoms with E-state index in [9.17, 15) is 4.79 Å². The Morgan fingerprint density at radius 1 is 1.21 bits per heavy atom. The van der Waals surface area contributed by atoms with E-state index in [1.807, 2.05) is 41.3 Å². The molecule has 0 spiro atoms. The molecular weight excluding hydrogens is 300 g/mol. The molecule has 24 heavy (non-hydrogen) atoms. The van der Waals surface area contributed by atoms with Gasteiger partial charge in [-0.25, -0.2) is 0 Å². The Hall–Kier alpha value is -2.14. The fourth-order valence-corrected chi connectivity index (χ4v) is 3.65. The summed E-state index contributed by atoms with van der Waals surface area (Å²) in [6.07, 6.45) is 8.28. The molecule has 5 heteroatoms. The molecule has 0 bridgehead atoms. The van der Waals surface area contributed by atoms with Crippen LogP contribution in [0.5, 0.6) is 0 Å². The van der Waals surface area contributed by atoms with Gasteiger partial charge in [0.25, 0.3) is 0 Å². The van der Waals surface area contributed by atoms with Gasteiger partial charge in [-0.3, -0.25) is 14.4 Å². The van der Waals surface area contributed by atoms with Crippen LogP contribution in [0.2, 0.25) is 0 Å². The third-order valence-electron chi connectivity index (χ3n) is 5.00. The van der Waals surface area contributed by atoms with Gasteiger partial charge in [0.05, 0.1) is 6.54 Å². The van der Waals surface area contributed by atoms with Gasteiger partial charge >= 0.3 is 0 Å². The van der Waals surface area contributed by atoms with Crippen molar-refractivity contribution >= 4 is 5.91 Å². The van der Waals surface area contributed by atoms with Crippen molar-refractivity contribution in [2.75, 3.05) is 6.54 Å². The van der Waals surface area contributed by atoms with Crippen molar-refractivity contribution in [1.82, 2.24) is 20.0 Å². The van der Waals surface area contributed by atoms with E-state index in [2.05, 4.69) is 27.4 Å². The van der Waals surface area contributed by atoms with Crippen LogP contribution in [-0.4, -0.2) is 39.2 Å². The zero-order chi connectivity index (χ0) is 16.4. The molecule has 1 aromatic carbocycles. The molecule has 2 unspecified atom stereocenters. The highest BCUT2D eigenvalue weighted by Crippen LogP contribution is 2.31. The Balaban J connectivity index is 1.57. The van der Waals surface area contributed by atoms with Crippen LogP contribution < -0.4 is 5.32 Å². The minimum absolute atomic E-state index is 0.149. The molecule has 1 saturated heterocycles. The summed E-state index contributed by atoms with van der Waals surface area (Å²) in [4.78, 5) is 15.3. The van der Waals surface area contributed by atoms with Crippen LogP contribution in [-0.2, 0) is 11.3 Å². The number of likely N-dealkylation sites (tertiary alicyclic amines) is 1. The Morgan fingerprint density at radius 2 is 2.04 bits per heavy atom. The first-order valence-electron chi connectivity index (χ1n) is 8.90. The molecule has 1 N–H and O–H groups in total. The molecule has 126 valence electrons. The highest BCUT2D eigenvalue weighted by molar-refractivity contribution is 5.83. The summed E-state index contributed by atoms with van der Waals surface area (Å²) in [7, 11) is 0. The van der Waals surface area contributed by atoms with Gasteiger partial charge in [0.2, 0.25) is 5.91 Å². The van der Waals surface area contributed by atoms with Gasteiger partial charge in [0.1, 0.15) is 6.04 Å². The van der Waals surface area contributed by atoms with E-state index in [0.717, 1.165) is 44.3 Å². The lowest BCUT2D eigenvalue weighted by Gasteiger charge is -2.32. The van der Waals surface area contributed by atoms with E-state index >= 15 is 0 Å². The average Bonchev–Trinajstić information content (AvgIpc) is 3.07. The van der Waals surface area contributed by atoms with Crippen molar-refractivity contribution in [3.8, 4) is 0 Å². The van der Waals surface area contributed by atoms with Gasteiger partial charge in [-0.15, -0.1) is 0 Å².